The lowest BCUT2D eigenvalue weighted by molar-refractivity contribution is -0.129. The number of hydrogen-bond acceptors (Lipinski definition) is 8. The molecule has 1 saturated heterocycles. The summed E-state index contributed by atoms with van der Waals surface area (Å²) in [6.07, 6.45) is 6.86. The molecule has 0 bridgehead atoms. The molecule has 1 fully saturated rings. The van der Waals surface area contributed by atoms with Gasteiger partial charge in [0.05, 0.1) is 12.4 Å². The lowest BCUT2D eigenvalue weighted by Crippen LogP contribution is -2.36. The van der Waals surface area contributed by atoms with Crippen molar-refractivity contribution in [2.75, 3.05) is 18.4 Å². The Labute approximate surface area is 180 Å². The second kappa shape index (κ2) is 8.46. The second-order valence-corrected chi connectivity index (χ2v) is 8.48. The number of aryl methyl sites for hydroxylation is 1. The van der Waals surface area contributed by atoms with Crippen molar-refractivity contribution in [3.8, 4) is 11.5 Å². The van der Waals surface area contributed by atoms with Crippen molar-refractivity contribution in [1.82, 2.24) is 29.0 Å². The zero-order valence-corrected chi connectivity index (χ0v) is 18.4. The number of anilines is 2. The van der Waals surface area contributed by atoms with Gasteiger partial charge in [-0.3, -0.25) is 9.48 Å². The summed E-state index contributed by atoms with van der Waals surface area (Å²) in [7, 11) is 1.83. The third kappa shape index (κ3) is 4.73. The van der Waals surface area contributed by atoms with Crippen LogP contribution >= 0.6 is 27.5 Å². The predicted molar refractivity (Wildman–Crippen MR) is 113 cm³/mol. The fraction of sp³-hybridized carbons (Fsp3) is 0.389. The largest absolute Gasteiger partial charge is 0.450 e. The molecule has 0 atom stereocenters. The fourth-order valence-corrected chi connectivity index (χ4v) is 4.13. The third-order valence-corrected chi connectivity index (χ3v) is 5.78. The van der Waals surface area contributed by atoms with Crippen LogP contribution in [0.15, 0.2) is 29.1 Å². The molecule has 1 amide bonds. The van der Waals surface area contributed by atoms with Crippen LogP contribution in [0, 0.1) is 0 Å². The first-order chi connectivity index (χ1) is 14.0. The molecule has 0 radical (unpaired) electrons. The average molecular weight is 478 g/mol. The first kappa shape index (κ1) is 19.8. The minimum atomic E-state index is 0.125. The van der Waals surface area contributed by atoms with E-state index in [1.54, 1.807) is 30.2 Å². The zero-order chi connectivity index (χ0) is 20.4. The Morgan fingerprint density at radius 3 is 2.83 bits per heavy atom. The van der Waals surface area contributed by atoms with Crippen LogP contribution in [-0.2, 0) is 11.8 Å². The molecule has 3 aromatic rings. The van der Waals surface area contributed by atoms with Crippen LogP contribution in [0.3, 0.4) is 0 Å². The molecule has 0 saturated carbocycles. The predicted octanol–water partition coefficient (Wildman–Crippen LogP) is 3.69. The number of carbonyl (C=O) groups excluding carboxylic acids is 1. The van der Waals surface area contributed by atoms with E-state index in [0.717, 1.165) is 36.2 Å². The lowest BCUT2D eigenvalue weighted by Gasteiger charge is -2.29. The number of hydrogen-bond donors (Lipinski definition) is 1. The Hall–Kier alpha value is -2.53. The average Bonchev–Trinajstić information content (AvgIpc) is 3.33. The minimum absolute atomic E-state index is 0.125. The van der Waals surface area contributed by atoms with Crippen LogP contribution in [-0.4, -0.2) is 48.0 Å². The van der Waals surface area contributed by atoms with Gasteiger partial charge in [-0.05, 0) is 28.8 Å². The molecular formula is C18H20BrN7O2S. The summed E-state index contributed by atoms with van der Waals surface area (Å²) in [5, 5.41) is 7.98. The molecule has 9 nitrogen and oxygen atoms in total. The van der Waals surface area contributed by atoms with Gasteiger partial charge in [0.15, 0.2) is 17.3 Å². The molecule has 1 aliphatic rings. The van der Waals surface area contributed by atoms with Gasteiger partial charge in [-0.15, -0.1) is 0 Å². The van der Waals surface area contributed by atoms with E-state index in [9.17, 15) is 4.79 Å². The molecule has 4 rings (SSSR count). The Morgan fingerprint density at radius 1 is 1.34 bits per heavy atom. The Bertz CT molecular complexity index is 1010. The van der Waals surface area contributed by atoms with Gasteiger partial charge in [-0.1, -0.05) is 0 Å². The third-order valence-electron chi connectivity index (χ3n) is 4.70. The number of pyridine rings is 1. The van der Waals surface area contributed by atoms with Crippen molar-refractivity contribution in [3.63, 3.8) is 0 Å². The SMILES string of the molecule is CC(=O)N1CCC(c2nsc(Nc3ncc(Br)cc3Oc3cnn(C)c3)n2)CC1. The van der Waals surface area contributed by atoms with Gasteiger partial charge in [-0.2, -0.15) is 9.47 Å². The molecule has 4 heterocycles. The van der Waals surface area contributed by atoms with Gasteiger partial charge in [0.2, 0.25) is 11.0 Å². The highest BCUT2D eigenvalue weighted by atomic mass is 79.9. The van der Waals surface area contributed by atoms with E-state index >= 15 is 0 Å². The van der Waals surface area contributed by atoms with Crippen molar-refractivity contribution in [2.45, 2.75) is 25.7 Å². The Morgan fingerprint density at radius 2 is 2.14 bits per heavy atom. The number of piperidine rings is 1. The number of carbonyl (C=O) groups is 1. The smallest absolute Gasteiger partial charge is 0.219 e. The van der Waals surface area contributed by atoms with Crippen molar-refractivity contribution < 1.29 is 9.53 Å². The van der Waals surface area contributed by atoms with E-state index in [0.29, 0.717) is 22.4 Å². The number of rotatable bonds is 5. The highest BCUT2D eigenvalue weighted by Gasteiger charge is 2.25. The number of halogens is 1. The van der Waals surface area contributed by atoms with Crippen LogP contribution in [0.4, 0.5) is 10.9 Å². The first-order valence-electron chi connectivity index (χ1n) is 9.16. The normalized spacial score (nSPS) is 14.8. The van der Waals surface area contributed by atoms with Crippen LogP contribution in [0.25, 0.3) is 0 Å². The number of ether oxygens (including phenoxy) is 1. The molecule has 0 spiro atoms. The van der Waals surface area contributed by atoms with Gasteiger partial charge in [-0.25, -0.2) is 9.97 Å². The van der Waals surface area contributed by atoms with E-state index in [4.69, 9.17) is 4.74 Å². The first-order valence-corrected chi connectivity index (χ1v) is 10.7. The summed E-state index contributed by atoms with van der Waals surface area (Å²) in [4.78, 5) is 22.4. The monoisotopic (exact) mass is 477 g/mol. The summed E-state index contributed by atoms with van der Waals surface area (Å²) in [5.41, 5.74) is 0. The van der Waals surface area contributed by atoms with Gasteiger partial charge in [0, 0.05) is 61.2 Å². The van der Waals surface area contributed by atoms with Crippen LogP contribution in [0.2, 0.25) is 0 Å². The van der Waals surface area contributed by atoms with Crippen molar-refractivity contribution in [3.05, 3.63) is 35.0 Å². The molecule has 1 aliphatic heterocycles. The van der Waals surface area contributed by atoms with Crippen LogP contribution in [0.5, 0.6) is 11.5 Å². The molecular weight excluding hydrogens is 458 g/mol. The van der Waals surface area contributed by atoms with Gasteiger partial charge in [0.1, 0.15) is 5.82 Å². The van der Waals surface area contributed by atoms with E-state index < -0.39 is 0 Å². The number of amides is 1. The van der Waals surface area contributed by atoms with Gasteiger partial charge in [0.25, 0.3) is 0 Å². The molecule has 29 heavy (non-hydrogen) atoms. The summed E-state index contributed by atoms with van der Waals surface area (Å²) >= 11 is 4.72. The van der Waals surface area contributed by atoms with Gasteiger partial charge < -0.3 is 15.0 Å². The lowest BCUT2D eigenvalue weighted by atomic mass is 9.96. The van der Waals surface area contributed by atoms with E-state index in [1.165, 1.54) is 11.5 Å². The highest BCUT2D eigenvalue weighted by Crippen LogP contribution is 2.34. The number of likely N-dealkylation sites (tertiary alicyclic amines) is 1. The summed E-state index contributed by atoms with van der Waals surface area (Å²) in [6.45, 7) is 3.11. The number of nitrogens with one attached hydrogen (secondary N) is 1. The number of nitrogens with zero attached hydrogens (tertiary/aromatic N) is 6. The Kier molecular flexibility index (Phi) is 5.76. The number of aromatic nitrogens is 5. The maximum atomic E-state index is 11.5. The maximum absolute atomic E-state index is 11.5. The molecule has 0 unspecified atom stereocenters. The quantitative estimate of drug-likeness (QED) is 0.597. The van der Waals surface area contributed by atoms with E-state index in [-0.39, 0.29) is 11.8 Å². The van der Waals surface area contributed by atoms with Crippen LogP contribution < -0.4 is 10.1 Å². The van der Waals surface area contributed by atoms with E-state index in [1.807, 2.05) is 18.0 Å². The molecule has 0 aromatic carbocycles. The van der Waals surface area contributed by atoms with Crippen LogP contribution in [0.1, 0.15) is 31.5 Å². The fourth-order valence-electron chi connectivity index (χ4n) is 3.18. The van der Waals surface area contributed by atoms with Crippen molar-refractivity contribution >= 4 is 44.3 Å². The summed E-state index contributed by atoms with van der Waals surface area (Å²) < 4.78 is 12.9. The Balaban J connectivity index is 1.47. The highest BCUT2D eigenvalue weighted by molar-refractivity contribution is 9.10. The summed E-state index contributed by atoms with van der Waals surface area (Å²) in [6, 6.07) is 1.84. The topological polar surface area (TPSA) is 98.1 Å². The molecule has 0 aliphatic carbocycles. The zero-order valence-electron chi connectivity index (χ0n) is 16.0. The van der Waals surface area contributed by atoms with Crippen molar-refractivity contribution in [2.24, 2.45) is 7.05 Å². The molecule has 152 valence electrons. The van der Waals surface area contributed by atoms with Gasteiger partial charge >= 0.3 is 0 Å². The summed E-state index contributed by atoms with van der Waals surface area (Å²) in [5.74, 6) is 2.92. The van der Waals surface area contributed by atoms with E-state index in [2.05, 4.69) is 40.7 Å². The maximum Gasteiger partial charge on any atom is 0.219 e. The standard InChI is InChI=1S/C18H20BrN7O2S/c1-11(27)26-5-3-12(4-6-26)16-22-18(29-24-16)23-17-15(7-13(19)8-20-17)28-14-9-21-25(2)10-14/h7-10,12H,3-6H2,1-2H3,(H,20,22,23,24). The molecule has 1 N–H and O–H groups in total. The minimum Gasteiger partial charge on any atom is -0.450 e. The second-order valence-electron chi connectivity index (χ2n) is 6.82. The molecule has 3 aromatic heterocycles. The molecule has 11 heteroatoms. The van der Waals surface area contributed by atoms with Crippen molar-refractivity contribution in [1.29, 1.82) is 0 Å².